The Morgan fingerprint density at radius 3 is 1.76 bits per heavy atom. The Kier molecular flexibility index (Phi) is 26.5. The van der Waals surface area contributed by atoms with Crippen molar-refractivity contribution in [2.75, 3.05) is 13.2 Å². The summed E-state index contributed by atoms with van der Waals surface area (Å²) in [5.41, 5.74) is 0. The second-order valence-corrected chi connectivity index (χ2v) is 12.1. The zero-order valence-electron chi connectivity index (χ0n) is 27.1. The van der Waals surface area contributed by atoms with Gasteiger partial charge < -0.3 is 20.8 Å². The number of carbonyl (C=O) groups is 1. The minimum Gasteiger partial charge on any atom is -0.394 e. The molecule has 0 aromatic carbocycles. The Balaban J connectivity index is 1.91. The zero-order chi connectivity index (χ0) is 30.4. The third-order valence-electron chi connectivity index (χ3n) is 8.14. The number of nitrogens with zero attached hydrogens (tertiary/aromatic N) is 1. The smallest absolute Gasteiger partial charge is 0.315 e. The molecular formula is C36H66N3O3+. The van der Waals surface area contributed by atoms with Crippen molar-refractivity contribution in [2.24, 2.45) is 0 Å². The minimum absolute atomic E-state index is 0.288. The van der Waals surface area contributed by atoms with Gasteiger partial charge in [-0.05, 0) is 25.7 Å². The summed E-state index contributed by atoms with van der Waals surface area (Å²) in [5.74, 6) is 0. The second-order valence-electron chi connectivity index (χ2n) is 12.1. The Labute approximate surface area is 258 Å². The lowest BCUT2D eigenvalue weighted by Gasteiger charge is -2.20. The van der Waals surface area contributed by atoms with Gasteiger partial charge in [-0.2, -0.15) is 0 Å². The average Bonchev–Trinajstić information content (AvgIpc) is 3.01. The van der Waals surface area contributed by atoms with Crippen LogP contribution in [0.25, 0.3) is 0 Å². The molecule has 0 fully saturated rings. The SMILES string of the molecule is CCCCCCCCCCCCC/C=C/[C@H](O)[C@H](CO)NC(=O)NCCCCCCCCCCCC[n+]1ccccc1. The van der Waals surface area contributed by atoms with E-state index < -0.39 is 12.1 Å². The van der Waals surface area contributed by atoms with Gasteiger partial charge in [0, 0.05) is 25.1 Å². The number of pyridine rings is 1. The number of allylic oxidation sites excluding steroid dienone is 1. The number of unbranched alkanes of at least 4 members (excludes halogenated alkanes) is 20. The molecule has 0 aliphatic carbocycles. The molecule has 1 aromatic heterocycles. The van der Waals surface area contributed by atoms with Gasteiger partial charge in [-0.3, -0.25) is 0 Å². The third-order valence-corrected chi connectivity index (χ3v) is 8.14. The molecule has 6 nitrogen and oxygen atoms in total. The van der Waals surface area contributed by atoms with Crippen LogP contribution >= 0.6 is 0 Å². The van der Waals surface area contributed by atoms with Gasteiger partial charge in [0.1, 0.15) is 6.54 Å². The summed E-state index contributed by atoms with van der Waals surface area (Å²) < 4.78 is 2.26. The van der Waals surface area contributed by atoms with Crippen LogP contribution < -0.4 is 15.2 Å². The predicted molar refractivity (Wildman–Crippen MR) is 176 cm³/mol. The van der Waals surface area contributed by atoms with Crippen LogP contribution in [-0.2, 0) is 6.54 Å². The molecule has 2 atom stereocenters. The Bertz CT molecular complexity index is 744. The first kappa shape index (κ1) is 38.1. The molecule has 0 aliphatic heterocycles. The van der Waals surface area contributed by atoms with Crippen LogP contribution in [-0.4, -0.2) is 41.5 Å². The fourth-order valence-electron chi connectivity index (χ4n) is 5.37. The molecule has 0 saturated heterocycles. The van der Waals surface area contributed by atoms with Crippen molar-refractivity contribution in [2.45, 2.75) is 167 Å². The maximum atomic E-state index is 12.2. The van der Waals surface area contributed by atoms with Crippen LogP contribution in [0, 0.1) is 0 Å². The minimum atomic E-state index is -0.879. The molecule has 0 unspecified atom stereocenters. The maximum absolute atomic E-state index is 12.2. The van der Waals surface area contributed by atoms with Crippen molar-refractivity contribution in [3.63, 3.8) is 0 Å². The van der Waals surface area contributed by atoms with Gasteiger partial charge in [-0.1, -0.05) is 134 Å². The first-order valence-corrected chi connectivity index (χ1v) is 17.6. The lowest BCUT2D eigenvalue weighted by molar-refractivity contribution is -0.697. The van der Waals surface area contributed by atoms with E-state index in [9.17, 15) is 15.0 Å². The van der Waals surface area contributed by atoms with Crippen molar-refractivity contribution in [3.05, 3.63) is 42.7 Å². The highest BCUT2D eigenvalue weighted by atomic mass is 16.3. The molecule has 4 N–H and O–H groups in total. The number of urea groups is 1. The highest BCUT2D eigenvalue weighted by Crippen LogP contribution is 2.13. The number of carbonyl (C=O) groups excluding carboxylic acids is 1. The van der Waals surface area contributed by atoms with Crippen molar-refractivity contribution >= 4 is 6.03 Å². The Hall–Kier alpha value is -1.92. The van der Waals surface area contributed by atoms with Gasteiger partial charge in [0.2, 0.25) is 0 Å². The van der Waals surface area contributed by atoms with Crippen molar-refractivity contribution < 1.29 is 19.6 Å². The number of aromatic nitrogens is 1. The topological polar surface area (TPSA) is 85.5 Å². The molecule has 242 valence electrons. The van der Waals surface area contributed by atoms with Crippen molar-refractivity contribution in [3.8, 4) is 0 Å². The summed E-state index contributed by atoms with van der Waals surface area (Å²) in [4.78, 5) is 12.2. The summed E-state index contributed by atoms with van der Waals surface area (Å²) in [6, 6.07) is 5.23. The molecule has 0 radical (unpaired) electrons. The van der Waals surface area contributed by atoms with Gasteiger partial charge in [0.15, 0.2) is 12.4 Å². The first-order chi connectivity index (χ1) is 20.7. The molecular weight excluding hydrogens is 522 g/mol. The molecule has 42 heavy (non-hydrogen) atoms. The van der Waals surface area contributed by atoms with Gasteiger partial charge in [-0.25, -0.2) is 9.36 Å². The Morgan fingerprint density at radius 2 is 1.21 bits per heavy atom. The molecule has 0 saturated carbocycles. The van der Waals surface area contributed by atoms with Crippen molar-refractivity contribution in [1.29, 1.82) is 0 Å². The fraction of sp³-hybridized carbons (Fsp3) is 0.778. The van der Waals surface area contributed by atoms with E-state index in [1.165, 1.54) is 116 Å². The largest absolute Gasteiger partial charge is 0.394 e. The number of aliphatic hydroxyl groups is 2. The fourth-order valence-corrected chi connectivity index (χ4v) is 5.37. The number of amides is 2. The number of hydrogen-bond acceptors (Lipinski definition) is 3. The van der Waals surface area contributed by atoms with E-state index in [2.05, 4.69) is 52.7 Å². The van der Waals surface area contributed by atoms with E-state index in [4.69, 9.17) is 0 Å². The van der Waals surface area contributed by atoms with E-state index in [0.717, 1.165) is 32.2 Å². The summed E-state index contributed by atoms with van der Waals surface area (Å²) >= 11 is 0. The molecule has 0 aliphatic rings. The second kappa shape index (κ2) is 29.2. The van der Waals surface area contributed by atoms with E-state index in [1.807, 2.05) is 6.08 Å². The van der Waals surface area contributed by atoms with Gasteiger partial charge in [0.25, 0.3) is 0 Å². The lowest BCUT2D eigenvalue weighted by Crippen LogP contribution is -2.49. The standard InChI is InChI=1S/C36H65N3O3/c1-2-3-4-5-6-7-8-9-10-13-16-19-23-28-35(41)34(33-40)38-36(42)37-29-24-20-17-14-11-12-15-18-21-25-30-39-31-26-22-27-32-39/h22-23,26-28,31-32,34-35,40-41H,2-21,24-25,29-30,33H2,1H3,(H-,37,38,42)/p+1/b28-23+/t34-,35-/m0/s1. The monoisotopic (exact) mass is 589 g/mol. The number of nitrogens with one attached hydrogen (secondary N) is 2. The van der Waals surface area contributed by atoms with E-state index in [0.29, 0.717) is 6.54 Å². The molecule has 2 amide bonds. The van der Waals surface area contributed by atoms with Crippen LogP contribution in [0.15, 0.2) is 42.7 Å². The van der Waals surface area contributed by atoms with Crippen LogP contribution in [0.5, 0.6) is 0 Å². The summed E-state index contributed by atoms with van der Waals surface area (Å²) in [6.07, 6.45) is 34.9. The molecule has 1 heterocycles. The molecule has 1 aromatic rings. The summed E-state index contributed by atoms with van der Waals surface area (Å²) in [6.45, 7) is 3.71. The molecule has 1 rings (SSSR count). The van der Waals surface area contributed by atoms with Crippen LogP contribution in [0.3, 0.4) is 0 Å². The van der Waals surface area contributed by atoms with Gasteiger partial charge >= 0.3 is 6.03 Å². The normalized spacial score (nSPS) is 12.9. The van der Waals surface area contributed by atoms with Crippen LogP contribution in [0.2, 0.25) is 0 Å². The van der Waals surface area contributed by atoms with E-state index in [-0.39, 0.29) is 12.6 Å². The quantitative estimate of drug-likeness (QED) is 0.0433. The summed E-state index contributed by atoms with van der Waals surface area (Å²) in [7, 11) is 0. The number of rotatable bonds is 29. The number of aliphatic hydroxyl groups excluding tert-OH is 2. The Morgan fingerprint density at radius 1 is 0.714 bits per heavy atom. The zero-order valence-corrected chi connectivity index (χ0v) is 27.1. The van der Waals surface area contributed by atoms with Gasteiger partial charge in [-0.15, -0.1) is 0 Å². The summed E-state index contributed by atoms with van der Waals surface area (Å²) in [5, 5.41) is 25.6. The lowest BCUT2D eigenvalue weighted by atomic mass is 10.0. The molecule has 0 bridgehead atoms. The first-order valence-electron chi connectivity index (χ1n) is 17.6. The van der Waals surface area contributed by atoms with Crippen molar-refractivity contribution in [1.82, 2.24) is 10.6 Å². The van der Waals surface area contributed by atoms with Gasteiger partial charge in [0.05, 0.1) is 18.8 Å². The maximum Gasteiger partial charge on any atom is 0.315 e. The molecule has 0 spiro atoms. The third kappa shape index (κ3) is 23.6. The van der Waals surface area contributed by atoms with Crippen LogP contribution in [0.4, 0.5) is 4.79 Å². The predicted octanol–water partition coefficient (Wildman–Crippen LogP) is 8.15. The van der Waals surface area contributed by atoms with E-state index in [1.54, 1.807) is 6.08 Å². The molecule has 6 heteroatoms. The van der Waals surface area contributed by atoms with E-state index >= 15 is 0 Å². The number of aryl methyl sites for hydroxylation is 1. The number of hydrogen-bond donors (Lipinski definition) is 4. The van der Waals surface area contributed by atoms with Crippen LogP contribution in [0.1, 0.15) is 148 Å². The highest BCUT2D eigenvalue weighted by molar-refractivity contribution is 5.74. The average molecular weight is 589 g/mol. The highest BCUT2D eigenvalue weighted by Gasteiger charge is 2.17.